The van der Waals surface area contributed by atoms with Gasteiger partial charge in [0.2, 0.25) is 5.91 Å². The van der Waals surface area contributed by atoms with Crippen molar-refractivity contribution < 1.29 is 14.7 Å². The number of nitrogens with one attached hydrogen (secondary N) is 2. The van der Waals surface area contributed by atoms with Gasteiger partial charge in [0.1, 0.15) is 0 Å². The summed E-state index contributed by atoms with van der Waals surface area (Å²) in [4.78, 5) is 20.6. The lowest BCUT2D eigenvalue weighted by Crippen LogP contribution is -2.23. The maximum atomic E-state index is 10.4. The van der Waals surface area contributed by atoms with Gasteiger partial charge in [0, 0.05) is 0 Å². The molecule has 5 heteroatoms. The second-order valence-corrected chi connectivity index (χ2v) is 4.51. The molecule has 1 rings (SSSR count). The van der Waals surface area contributed by atoms with Crippen molar-refractivity contribution in [2.75, 3.05) is 6.67 Å². The summed E-state index contributed by atoms with van der Waals surface area (Å²) in [7, 11) is 0. The maximum Gasteiger partial charge on any atom is 0.306 e. The molecule has 1 fully saturated rings. The van der Waals surface area contributed by atoms with Crippen LogP contribution < -0.4 is 10.6 Å². The minimum Gasteiger partial charge on any atom is -0.481 e. The summed E-state index contributed by atoms with van der Waals surface area (Å²) in [6, 6.07) is 0.0139. The van der Waals surface area contributed by atoms with E-state index in [9.17, 15) is 9.59 Å². The first-order valence-corrected chi connectivity index (χ1v) is 5.58. The number of carboxylic acids is 1. The number of hydrogen-bond donors (Lipinski definition) is 3. The highest BCUT2D eigenvalue weighted by atomic mass is 16.4. The molecule has 1 heterocycles. The van der Waals surface area contributed by atoms with E-state index in [1.54, 1.807) is 6.92 Å². The topological polar surface area (TPSA) is 78.4 Å². The Hall–Kier alpha value is -1.10. The van der Waals surface area contributed by atoms with Gasteiger partial charge in [-0.2, -0.15) is 0 Å². The van der Waals surface area contributed by atoms with Crippen molar-refractivity contribution in [1.29, 1.82) is 0 Å². The third kappa shape index (κ3) is 6.40. The summed E-state index contributed by atoms with van der Waals surface area (Å²) in [6.45, 7) is 8.25. The standard InChI is InChI=1S/C7H14O2.C4H8N2O/c1-5(2)4-6(3)7(8)9;1-3-4(7)6-2-5-3/h5-6H,4H2,1-3H3,(H,8,9);3,5H,2H2,1H3,(H,6,7)/t;3-/m.0/s1. The zero-order chi connectivity index (χ0) is 12.7. The largest absolute Gasteiger partial charge is 0.481 e. The van der Waals surface area contributed by atoms with Gasteiger partial charge in [-0.1, -0.05) is 20.8 Å². The van der Waals surface area contributed by atoms with Crippen molar-refractivity contribution in [3.63, 3.8) is 0 Å². The van der Waals surface area contributed by atoms with Gasteiger partial charge < -0.3 is 10.4 Å². The first-order valence-electron chi connectivity index (χ1n) is 5.58. The summed E-state index contributed by atoms with van der Waals surface area (Å²) in [5, 5.41) is 14.0. The Morgan fingerprint density at radius 3 is 2.19 bits per heavy atom. The van der Waals surface area contributed by atoms with Crippen LogP contribution in [-0.4, -0.2) is 29.7 Å². The summed E-state index contributed by atoms with van der Waals surface area (Å²) < 4.78 is 0. The molecule has 0 aromatic rings. The Balaban J connectivity index is 0.000000288. The molecule has 1 unspecified atom stereocenters. The number of carbonyl (C=O) groups excluding carboxylic acids is 1. The van der Waals surface area contributed by atoms with Gasteiger partial charge in [-0.25, -0.2) is 0 Å². The molecule has 2 atom stereocenters. The molecule has 1 aliphatic heterocycles. The van der Waals surface area contributed by atoms with E-state index < -0.39 is 5.97 Å². The molecule has 1 saturated heterocycles. The van der Waals surface area contributed by atoms with Crippen LogP contribution in [0.4, 0.5) is 0 Å². The number of rotatable bonds is 3. The van der Waals surface area contributed by atoms with Crippen molar-refractivity contribution in [3.05, 3.63) is 0 Å². The molecule has 0 aromatic carbocycles. The molecular weight excluding hydrogens is 208 g/mol. The normalized spacial score (nSPS) is 21.1. The van der Waals surface area contributed by atoms with Crippen LogP contribution in [0.15, 0.2) is 0 Å². The first-order chi connectivity index (χ1) is 7.34. The number of carbonyl (C=O) groups is 2. The molecule has 1 aliphatic rings. The molecule has 1 amide bonds. The average Bonchev–Trinajstić information content (AvgIpc) is 2.51. The molecule has 94 valence electrons. The zero-order valence-electron chi connectivity index (χ0n) is 10.4. The number of carboxylic acid groups (broad SMARTS) is 1. The van der Waals surface area contributed by atoms with Crippen LogP contribution >= 0.6 is 0 Å². The highest BCUT2D eigenvalue weighted by Gasteiger charge is 2.16. The van der Waals surface area contributed by atoms with Crippen molar-refractivity contribution in [1.82, 2.24) is 10.6 Å². The van der Waals surface area contributed by atoms with Crippen LogP contribution in [0, 0.1) is 11.8 Å². The lowest BCUT2D eigenvalue weighted by atomic mass is 9.99. The van der Waals surface area contributed by atoms with Crippen LogP contribution in [0.25, 0.3) is 0 Å². The molecule has 0 aromatic heterocycles. The van der Waals surface area contributed by atoms with E-state index >= 15 is 0 Å². The van der Waals surface area contributed by atoms with Gasteiger partial charge in [-0.15, -0.1) is 0 Å². The summed E-state index contributed by atoms with van der Waals surface area (Å²) in [5.74, 6) is -0.301. The summed E-state index contributed by atoms with van der Waals surface area (Å²) in [6.07, 6.45) is 0.773. The second-order valence-electron chi connectivity index (χ2n) is 4.51. The van der Waals surface area contributed by atoms with Crippen LogP contribution in [-0.2, 0) is 9.59 Å². The van der Waals surface area contributed by atoms with Crippen LogP contribution in [0.1, 0.15) is 34.1 Å². The van der Waals surface area contributed by atoms with Gasteiger partial charge in [-0.05, 0) is 19.3 Å². The van der Waals surface area contributed by atoms with Crippen LogP contribution in [0.5, 0.6) is 0 Å². The Bertz CT molecular complexity index is 241. The average molecular weight is 230 g/mol. The Kier molecular flexibility index (Phi) is 6.72. The number of aliphatic carboxylic acids is 1. The van der Waals surface area contributed by atoms with Crippen molar-refractivity contribution in [2.24, 2.45) is 11.8 Å². The first kappa shape index (κ1) is 14.9. The minimum atomic E-state index is -0.691. The number of amides is 1. The molecule has 0 radical (unpaired) electrons. The van der Waals surface area contributed by atoms with E-state index in [-0.39, 0.29) is 17.9 Å². The Morgan fingerprint density at radius 1 is 1.50 bits per heavy atom. The summed E-state index contributed by atoms with van der Waals surface area (Å²) in [5.41, 5.74) is 0. The molecule has 0 saturated carbocycles. The lowest BCUT2D eigenvalue weighted by Gasteiger charge is -2.07. The molecule has 5 nitrogen and oxygen atoms in total. The van der Waals surface area contributed by atoms with E-state index in [0.29, 0.717) is 12.6 Å². The molecular formula is C11H22N2O3. The molecule has 0 bridgehead atoms. The van der Waals surface area contributed by atoms with Crippen molar-refractivity contribution in [3.8, 4) is 0 Å². The lowest BCUT2D eigenvalue weighted by molar-refractivity contribution is -0.141. The van der Waals surface area contributed by atoms with Crippen LogP contribution in [0.2, 0.25) is 0 Å². The van der Waals surface area contributed by atoms with E-state index in [1.165, 1.54) is 0 Å². The number of hydrogen-bond acceptors (Lipinski definition) is 3. The third-order valence-electron chi connectivity index (χ3n) is 2.31. The molecule has 16 heavy (non-hydrogen) atoms. The van der Waals surface area contributed by atoms with Gasteiger partial charge in [0.05, 0.1) is 18.6 Å². The van der Waals surface area contributed by atoms with Crippen molar-refractivity contribution in [2.45, 2.75) is 40.2 Å². The van der Waals surface area contributed by atoms with Crippen LogP contribution in [0.3, 0.4) is 0 Å². The molecule has 0 aliphatic carbocycles. The van der Waals surface area contributed by atoms with Gasteiger partial charge in [-0.3, -0.25) is 14.9 Å². The fourth-order valence-corrected chi connectivity index (χ4v) is 1.34. The second kappa shape index (κ2) is 7.22. The monoisotopic (exact) mass is 230 g/mol. The van der Waals surface area contributed by atoms with Crippen molar-refractivity contribution >= 4 is 11.9 Å². The van der Waals surface area contributed by atoms with E-state index in [2.05, 4.69) is 10.6 Å². The van der Waals surface area contributed by atoms with Gasteiger partial charge in [0.15, 0.2) is 0 Å². The quantitative estimate of drug-likeness (QED) is 0.670. The van der Waals surface area contributed by atoms with E-state index in [0.717, 1.165) is 6.42 Å². The SMILES string of the molecule is CC(C)CC(C)C(=O)O.C[C@@H]1NCNC1=O. The van der Waals surface area contributed by atoms with Gasteiger partial charge in [0.25, 0.3) is 0 Å². The highest BCUT2D eigenvalue weighted by molar-refractivity contribution is 5.82. The fraction of sp³-hybridized carbons (Fsp3) is 0.818. The Labute approximate surface area is 96.6 Å². The minimum absolute atomic E-state index is 0.0139. The predicted octanol–water partition coefficient (Wildman–Crippen LogP) is 0.805. The fourth-order valence-electron chi connectivity index (χ4n) is 1.34. The summed E-state index contributed by atoms with van der Waals surface area (Å²) >= 11 is 0. The highest BCUT2D eigenvalue weighted by Crippen LogP contribution is 2.09. The smallest absolute Gasteiger partial charge is 0.306 e. The molecule has 3 N–H and O–H groups in total. The third-order valence-corrected chi connectivity index (χ3v) is 2.31. The maximum absolute atomic E-state index is 10.4. The predicted molar refractivity (Wildman–Crippen MR) is 61.9 cm³/mol. The van der Waals surface area contributed by atoms with E-state index in [1.807, 2.05) is 20.8 Å². The zero-order valence-corrected chi connectivity index (χ0v) is 10.4. The van der Waals surface area contributed by atoms with Gasteiger partial charge >= 0.3 is 5.97 Å². The van der Waals surface area contributed by atoms with E-state index in [4.69, 9.17) is 5.11 Å². The Morgan fingerprint density at radius 2 is 2.06 bits per heavy atom. The molecule has 0 spiro atoms.